The van der Waals surface area contributed by atoms with Crippen molar-refractivity contribution in [3.05, 3.63) is 35.9 Å². The first kappa shape index (κ1) is 10.7. The molecule has 0 bridgehead atoms. The van der Waals surface area contributed by atoms with E-state index in [9.17, 15) is 5.11 Å². The van der Waals surface area contributed by atoms with Crippen LogP contribution >= 0.6 is 0 Å². The molecule has 0 radical (unpaired) electrons. The first-order valence-corrected chi connectivity index (χ1v) is 5.69. The molecule has 2 unspecified atom stereocenters. The maximum absolute atomic E-state index is 10.3. The van der Waals surface area contributed by atoms with E-state index in [1.54, 1.807) is 0 Å². The molecule has 1 aliphatic carbocycles. The highest BCUT2D eigenvalue weighted by atomic mass is 16.3. The molecule has 0 heterocycles. The van der Waals surface area contributed by atoms with E-state index >= 15 is 0 Å². The van der Waals surface area contributed by atoms with Crippen LogP contribution < -0.4 is 5.73 Å². The van der Waals surface area contributed by atoms with Crippen molar-refractivity contribution in [3.63, 3.8) is 0 Å². The van der Waals surface area contributed by atoms with Crippen LogP contribution in [0.1, 0.15) is 38.2 Å². The minimum Gasteiger partial charge on any atom is -0.375 e. The largest absolute Gasteiger partial charge is 0.375 e. The van der Waals surface area contributed by atoms with E-state index in [0.29, 0.717) is 6.42 Å². The van der Waals surface area contributed by atoms with E-state index in [0.717, 1.165) is 19.3 Å². The molecule has 2 heteroatoms. The van der Waals surface area contributed by atoms with Crippen molar-refractivity contribution >= 4 is 0 Å². The predicted molar refractivity (Wildman–Crippen MR) is 61.4 cm³/mol. The Bertz CT molecular complexity index is 334. The van der Waals surface area contributed by atoms with Crippen molar-refractivity contribution in [2.75, 3.05) is 0 Å². The average Bonchev–Trinajstić information content (AvgIpc) is 2.55. The Morgan fingerprint density at radius 1 is 1.27 bits per heavy atom. The third-order valence-electron chi connectivity index (χ3n) is 3.92. The second kappa shape index (κ2) is 3.62. The molecule has 1 aromatic carbocycles. The quantitative estimate of drug-likeness (QED) is 0.727. The van der Waals surface area contributed by atoms with Gasteiger partial charge >= 0.3 is 0 Å². The second-order valence-corrected chi connectivity index (χ2v) is 4.58. The van der Waals surface area contributed by atoms with Gasteiger partial charge in [-0.15, -0.1) is 0 Å². The molecule has 2 nitrogen and oxygen atoms in total. The van der Waals surface area contributed by atoms with Gasteiger partial charge < -0.3 is 10.8 Å². The molecule has 3 N–H and O–H groups in total. The molecule has 15 heavy (non-hydrogen) atoms. The third kappa shape index (κ3) is 1.48. The minimum atomic E-state index is -1.04. The molecule has 1 fully saturated rings. The van der Waals surface area contributed by atoms with Crippen LogP contribution in [0.25, 0.3) is 0 Å². The van der Waals surface area contributed by atoms with Crippen molar-refractivity contribution in [1.29, 1.82) is 0 Å². The van der Waals surface area contributed by atoms with Crippen LogP contribution in [0.4, 0.5) is 0 Å². The lowest BCUT2D eigenvalue weighted by Gasteiger charge is -2.39. The molecule has 0 aliphatic heterocycles. The van der Waals surface area contributed by atoms with Crippen molar-refractivity contribution in [3.8, 4) is 0 Å². The van der Waals surface area contributed by atoms with Gasteiger partial charge in [-0.2, -0.15) is 0 Å². The van der Waals surface area contributed by atoms with E-state index in [4.69, 9.17) is 5.73 Å². The Morgan fingerprint density at radius 2 is 1.93 bits per heavy atom. The summed E-state index contributed by atoms with van der Waals surface area (Å²) >= 11 is 0. The third-order valence-corrected chi connectivity index (χ3v) is 3.92. The average molecular weight is 205 g/mol. The fourth-order valence-electron chi connectivity index (χ4n) is 2.95. The Balaban J connectivity index is 2.46. The molecule has 1 saturated carbocycles. The SMILES string of the molecule is CCC1(c2ccccc2)CCCC1(N)O. The highest BCUT2D eigenvalue weighted by Gasteiger charge is 2.51. The summed E-state index contributed by atoms with van der Waals surface area (Å²) < 4.78 is 0. The van der Waals surface area contributed by atoms with Gasteiger partial charge in [0.1, 0.15) is 5.72 Å². The fraction of sp³-hybridized carbons (Fsp3) is 0.538. The van der Waals surface area contributed by atoms with Gasteiger partial charge in [-0.25, -0.2) is 0 Å². The van der Waals surface area contributed by atoms with Crippen LogP contribution in [0.3, 0.4) is 0 Å². The summed E-state index contributed by atoms with van der Waals surface area (Å²) in [6, 6.07) is 10.2. The zero-order valence-corrected chi connectivity index (χ0v) is 9.24. The monoisotopic (exact) mass is 205 g/mol. The summed E-state index contributed by atoms with van der Waals surface area (Å²) in [6.45, 7) is 2.11. The number of benzene rings is 1. The number of rotatable bonds is 2. The smallest absolute Gasteiger partial charge is 0.123 e. The van der Waals surface area contributed by atoms with Crippen molar-refractivity contribution in [1.82, 2.24) is 0 Å². The minimum absolute atomic E-state index is 0.242. The molecule has 1 aromatic rings. The van der Waals surface area contributed by atoms with Gasteiger partial charge in [0.2, 0.25) is 0 Å². The highest BCUT2D eigenvalue weighted by molar-refractivity contribution is 5.30. The standard InChI is InChI=1S/C13H19NO/c1-2-12(9-6-10-13(12,14)15)11-7-4-3-5-8-11/h3-5,7-8,15H,2,6,9-10,14H2,1H3. The van der Waals surface area contributed by atoms with Crippen LogP contribution in [0.2, 0.25) is 0 Å². The molecular formula is C13H19NO. The van der Waals surface area contributed by atoms with Gasteiger partial charge in [-0.3, -0.25) is 0 Å². The Labute approximate surface area is 91.1 Å². The Kier molecular flexibility index (Phi) is 2.57. The van der Waals surface area contributed by atoms with Crippen LogP contribution in [0, 0.1) is 0 Å². The van der Waals surface area contributed by atoms with Crippen molar-refractivity contribution in [2.24, 2.45) is 5.73 Å². The molecule has 0 saturated heterocycles. The number of nitrogens with two attached hydrogens (primary N) is 1. The Morgan fingerprint density at radius 3 is 2.40 bits per heavy atom. The molecule has 0 spiro atoms. The number of hydrogen-bond acceptors (Lipinski definition) is 2. The lowest BCUT2D eigenvalue weighted by Crippen LogP contribution is -2.54. The fourth-order valence-corrected chi connectivity index (χ4v) is 2.95. The zero-order chi connectivity index (χ0) is 10.9. The first-order valence-electron chi connectivity index (χ1n) is 5.69. The second-order valence-electron chi connectivity index (χ2n) is 4.58. The molecule has 1 aliphatic rings. The summed E-state index contributed by atoms with van der Waals surface area (Å²) in [7, 11) is 0. The first-order chi connectivity index (χ1) is 7.12. The predicted octanol–water partition coefficient (Wildman–Crippen LogP) is 2.17. The van der Waals surface area contributed by atoms with Crippen LogP contribution in [-0.2, 0) is 5.41 Å². The normalized spacial score (nSPS) is 35.7. The van der Waals surface area contributed by atoms with Gasteiger partial charge in [0.15, 0.2) is 0 Å². The highest BCUT2D eigenvalue weighted by Crippen LogP contribution is 2.47. The van der Waals surface area contributed by atoms with Crippen molar-refractivity contribution in [2.45, 2.75) is 43.7 Å². The summed E-state index contributed by atoms with van der Waals surface area (Å²) in [5.41, 5.74) is 5.95. The summed E-state index contributed by atoms with van der Waals surface area (Å²) in [4.78, 5) is 0. The van der Waals surface area contributed by atoms with Gasteiger partial charge in [-0.1, -0.05) is 37.3 Å². The van der Waals surface area contributed by atoms with E-state index in [-0.39, 0.29) is 5.41 Å². The lowest BCUT2D eigenvalue weighted by molar-refractivity contribution is -0.0151. The van der Waals surface area contributed by atoms with E-state index in [2.05, 4.69) is 19.1 Å². The van der Waals surface area contributed by atoms with E-state index < -0.39 is 5.72 Å². The van der Waals surface area contributed by atoms with Crippen molar-refractivity contribution < 1.29 is 5.11 Å². The maximum atomic E-state index is 10.3. The summed E-state index contributed by atoms with van der Waals surface area (Å²) in [5, 5.41) is 10.3. The number of hydrogen-bond donors (Lipinski definition) is 2. The Hall–Kier alpha value is -0.860. The summed E-state index contributed by atoms with van der Waals surface area (Å²) in [6.07, 6.45) is 3.59. The lowest BCUT2D eigenvalue weighted by atomic mass is 9.72. The molecule has 0 aromatic heterocycles. The molecule has 82 valence electrons. The van der Waals surface area contributed by atoms with Gasteiger partial charge in [0.05, 0.1) is 0 Å². The van der Waals surface area contributed by atoms with Gasteiger partial charge in [-0.05, 0) is 31.2 Å². The number of aliphatic hydroxyl groups is 1. The van der Waals surface area contributed by atoms with E-state index in [1.165, 1.54) is 5.56 Å². The zero-order valence-electron chi connectivity index (χ0n) is 9.24. The molecular weight excluding hydrogens is 186 g/mol. The van der Waals surface area contributed by atoms with Gasteiger partial charge in [0, 0.05) is 5.41 Å². The molecule has 2 atom stereocenters. The van der Waals surface area contributed by atoms with Gasteiger partial charge in [0.25, 0.3) is 0 Å². The maximum Gasteiger partial charge on any atom is 0.123 e. The van der Waals surface area contributed by atoms with Crippen LogP contribution in [0.15, 0.2) is 30.3 Å². The van der Waals surface area contributed by atoms with Crippen LogP contribution in [0.5, 0.6) is 0 Å². The molecule has 2 rings (SSSR count). The van der Waals surface area contributed by atoms with E-state index in [1.807, 2.05) is 18.2 Å². The molecule has 0 amide bonds. The van der Waals surface area contributed by atoms with Crippen LogP contribution in [-0.4, -0.2) is 10.8 Å². The summed E-state index contributed by atoms with van der Waals surface area (Å²) in [5.74, 6) is 0. The topological polar surface area (TPSA) is 46.2 Å².